The SMILES string of the molecule is C=CCN1CCc2cc(-c3c(C#N)c(N)[nH]c(=O)c3C#N)ccc21. The lowest BCUT2D eigenvalue weighted by atomic mass is 9.95. The number of nitrogen functional groups attached to an aromatic ring is 1. The van der Waals surface area contributed by atoms with Crippen LogP contribution in [0.5, 0.6) is 0 Å². The molecule has 118 valence electrons. The number of nitrogens with zero attached hydrogens (tertiary/aromatic N) is 3. The normalized spacial score (nSPS) is 12.3. The molecular formula is C18H15N5O. The fourth-order valence-corrected chi connectivity index (χ4v) is 3.10. The average Bonchev–Trinajstić information content (AvgIpc) is 2.97. The Morgan fingerprint density at radius 2 is 2.08 bits per heavy atom. The molecule has 1 aliphatic heterocycles. The minimum absolute atomic E-state index is 0.0229. The van der Waals surface area contributed by atoms with Crippen molar-refractivity contribution in [1.82, 2.24) is 4.98 Å². The molecule has 0 saturated heterocycles. The number of fused-ring (bicyclic) bond motifs is 1. The molecule has 1 aromatic heterocycles. The zero-order valence-corrected chi connectivity index (χ0v) is 13.0. The largest absolute Gasteiger partial charge is 0.384 e. The number of aromatic amines is 1. The van der Waals surface area contributed by atoms with Crippen LogP contribution in [-0.4, -0.2) is 18.1 Å². The standard InChI is InChI=1S/C18H15N5O/c1-2-6-23-7-5-11-8-12(3-4-15(11)23)16-13(9-19)17(21)22-18(24)14(16)10-20/h2-4,8H,1,5-7H2,(H3,21,22,24). The van der Waals surface area contributed by atoms with Crippen LogP contribution in [0, 0.1) is 22.7 Å². The highest BCUT2D eigenvalue weighted by molar-refractivity contribution is 5.82. The molecule has 0 bridgehead atoms. The van der Waals surface area contributed by atoms with Gasteiger partial charge < -0.3 is 15.6 Å². The molecule has 0 aliphatic carbocycles. The fraction of sp³-hybridized carbons (Fsp3) is 0.167. The molecule has 6 nitrogen and oxygen atoms in total. The molecule has 3 rings (SSSR count). The number of pyridine rings is 1. The third kappa shape index (κ3) is 2.31. The quantitative estimate of drug-likeness (QED) is 0.840. The Bertz CT molecular complexity index is 975. The van der Waals surface area contributed by atoms with E-state index in [1.54, 1.807) is 0 Å². The lowest BCUT2D eigenvalue weighted by Crippen LogP contribution is -2.19. The second-order valence-corrected chi connectivity index (χ2v) is 5.54. The summed E-state index contributed by atoms with van der Waals surface area (Å²) in [5.41, 5.74) is 8.37. The van der Waals surface area contributed by atoms with Crippen molar-refractivity contribution >= 4 is 11.5 Å². The topological polar surface area (TPSA) is 110 Å². The van der Waals surface area contributed by atoms with Crippen LogP contribution in [0.15, 0.2) is 35.6 Å². The van der Waals surface area contributed by atoms with Crippen LogP contribution in [0.3, 0.4) is 0 Å². The van der Waals surface area contributed by atoms with Crippen molar-refractivity contribution in [2.24, 2.45) is 0 Å². The first-order valence-electron chi connectivity index (χ1n) is 7.45. The van der Waals surface area contributed by atoms with E-state index in [1.165, 1.54) is 0 Å². The van der Waals surface area contributed by atoms with Gasteiger partial charge in [-0.05, 0) is 29.7 Å². The molecule has 0 radical (unpaired) electrons. The molecule has 3 N–H and O–H groups in total. The molecule has 0 atom stereocenters. The van der Waals surface area contributed by atoms with Crippen molar-refractivity contribution < 1.29 is 0 Å². The van der Waals surface area contributed by atoms with Gasteiger partial charge in [-0.25, -0.2) is 0 Å². The summed E-state index contributed by atoms with van der Waals surface area (Å²) in [4.78, 5) is 16.6. The van der Waals surface area contributed by atoms with Crippen LogP contribution in [-0.2, 0) is 6.42 Å². The summed E-state index contributed by atoms with van der Waals surface area (Å²) in [6, 6.07) is 9.56. The molecule has 0 spiro atoms. The third-order valence-electron chi connectivity index (χ3n) is 4.18. The minimum Gasteiger partial charge on any atom is -0.384 e. The highest BCUT2D eigenvalue weighted by Crippen LogP contribution is 2.34. The van der Waals surface area contributed by atoms with Gasteiger partial charge in [0, 0.05) is 24.3 Å². The van der Waals surface area contributed by atoms with E-state index in [1.807, 2.05) is 36.4 Å². The van der Waals surface area contributed by atoms with E-state index < -0.39 is 5.56 Å². The van der Waals surface area contributed by atoms with Gasteiger partial charge in [0.15, 0.2) is 0 Å². The number of nitrogens with two attached hydrogens (primary N) is 1. The molecular weight excluding hydrogens is 302 g/mol. The number of anilines is 2. The van der Waals surface area contributed by atoms with Crippen molar-refractivity contribution in [3.63, 3.8) is 0 Å². The van der Waals surface area contributed by atoms with Crippen LogP contribution in [0.2, 0.25) is 0 Å². The summed E-state index contributed by atoms with van der Waals surface area (Å²) >= 11 is 0. The molecule has 0 fully saturated rings. The van der Waals surface area contributed by atoms with Gasteiger partial charge in [0.1, 0.15) is 29.1 Å². The molecule has 0 unspecified atom stereocenters. The van der Waals surface area contributed by atoms with Crippen molar-refractivity contribution in [1.29, 1.82) is 10.5 Å². The van der Waals surface area contributed by atoms with Crippen molar-refractivity contribution in [3.8, 4) is 23.3 Å². The van der Waals surface area contributed by atoms with E-state index in [0.29, 0.717) is 11.1 Å². The summed E-state index contributed by atoms with van der Waals surface area (Å²) in [6.45, 7) is 5.41. The summed E-state index contributed by atoms with van der Waals surface area (Å²) in [7, 11) is 0. The van der Waals surface area contributed by atoms with Crippen LogP contribution < -0.4 is 16.2 Å². The minimum atomic E-state index is -0.585. The zero-order valence-electron chi connectivity index (χ0n) is 13.0. The summed E-state index contributed by atoms with van der Waals surface area (Å²) in [5.74, 6) is -0.0229. The molecule has 6 heteroatoms. The monoisotopic (exact) mass is 317 g/mol. The molecule has 2 aromatic rings. The Balaban J connectivity index is 2.22. The van der Waals surface area contributed by atoms with E-state index in [-0.39, 0.29) is 16.9 Å². The van der Waals surface area contributed by atoms with E-state index >= 15 is 0 Å². The number of H-pyrrole nitrogens is 1. The number of nitrogens with one attached hydrogen (secondary N) is 1. The number of aromatic nitrogens is 1. The lowest BCUT2D eigenvalue weighted by molar-refractivity contribution is 0.905. The van der Waals surface area contributed by atoms with Gasteiger partial charge >= 0.3 is 0 Å². The molecule has 0 amide bonds. The highest BCUT2D eigenvalue weighted by Gasteiger charge is 2.22. The van der Waals surface area contributed by atoms with Crippen molar-refractivity contribution in [3.05, 3.63) is 57.9 Å². The second kappa shape index (κ2) is 5.94. The predicted molar refractivity (Wildman–Crippen MR) is 92.5 cm³/mol. The average molecular weight is 317 g/mol. The van der Waals surface area contributed by atoms with Gasteiger partial charge in [0.2, 0.25) is 0 Å². The Morgan fingerprint density at radius 1 is 1.33 bits per heavy atom. The van der Waals surface area contributed by atoms with Gasteiger partial charge in [-0.3, -0.25) is 4.79 Å². The Kier molecular flexibility index (Phi) is 3.81. The molecule has 1 aromatic carbocycles. The lowest BCUT2D eigenvalue weighted by Gasteiger charge is -2.17. The summed E-state index contributed by atoms with van der Waals surface area (Å²) in [5, 5.41) is 18.7. The number of hydrogen-bond acceptors (Lipinski definition) is 5. The van der Waals surface area contributed by atoms with E-state index in [2.05, 4.69) is 16.5 Å². The first kappa shape index (κ1) is 15.4. The smallest absolute Gasteiger partial charge is 0.268 e. The van der Waals surface area contributed by atoms with Gasteiger partial charge in [0.05, 0.1) is 0 Å². The second-order valence-electron chi connectivity index (χ2n) is 5.54. The fourth-order valence-electron chi connectivity index (χ4n) is 3.10. The maximum Gasteiger partial charge on any atom is 0.268 e. The Morgan fingerprint density at radius 3 is 2.75 bits per heavy atom. The summed E-state index contributed by atoms with van der Waals surface area (Å²) < 4.78 is 0. The number of nitriles is 2. The number of rotatable bonds is 3. The molecule has 24 heavy (non-hydrogen) atoms. The van der Waals surface area contributed by atoms with Crippen LogP contribution in [0.25, 0.3) is 11.1 Å². The van der Waals surface area contributed by atoms with E-state index in [9.17, 15) is 15.3 Å². The maximum absolute atomic E-state index is 12.0. The van der Waals surface area contributed by atoms with Gasteiger partial charge in [-0.1, -0.05) is 12.1 Å². The van der Waals surface area contributed by atoms with Crippen LogP contribution in [0.1, 0.15) is 16.7 Å². The van der Waals surface area contributed by atoms with Gasteiger partial charge in [-0.15, -0.1) is 6.58 Å². The molecule has 2 heterocycles. The summed E-state index contributed by atoms with van der Waals surface area (Å²) in [6.07, 6.45) is 2.71. The number of hydrogen-bond donors (Lipinski definition) is 2. The Labute approximate surface area is 139 Å². The highest BCUT2D eigenvalue weighted by atomic mass is 16.1. The first-order valence-corrected chi connectivity index (χ1v) is 7.45. The van der Waals surface area contributed by atoms with Gasteiger partial charge in [-0.2, -0.15) is 10.5 Å². The van der Waals surface area contributed by atoms with Crippen molar-refractivity contribution in [2.45, 2.75) is 6.42 Å². The zero-order chi connectivity index (χ0) is 17.3. The Hall–Kier alpha value is -3.51. The predicted octanol–water partition coefficient (Wildman–Crippen LogP) is 1.92. The maximum atomic E-state index is 12.0. The van der Waals surface area contributed by atoms with Crippen molar-refractivity contribution in [2.75, 3.05) is 23.7 Å². The molecule has 1 aliphatic rings. The van der Waals surface area contributed by atoms with E-state index in [0.717, 1.165) is 30.8 Å². The van der Waals surface area contributed by atoms with Gasteiger partial charge in [0.25, 0.3) is 5.56 Å². The van der Waals surface area contributed by atoms with Crippen LogP contribution >= 0.6 is 0 Å². The molecule has 0 saturated carbocycles. The van der Waals surface area contributed by atoms with E-state index in [4.69, 9.17) is 5.73 Å². The first-order chi connectivity index (χ1) is 11.6. The number of benzene rings is 1. The van der Waals surface area contributed by atoms with Crippen LogP contribution in [0.4, 0.5) is 11.5 Å². The third-order valence-corrected chi connectivity index (χ3v) is 4.18.